The van der Waals surface area contributed by atoms with Gasteiger partial charge in [-0.3, -0.25) is 9.69 Å². The zero-order valence-corrected chi connectivity index (χ0v) is 27.0. The number of piperidine rings is 1. The normalized spacial score (nSPS) is 26.9. The Morgan fingerprint density at radius 1 is 1.10 bits per heavy atom. The van der Waals surface area contributed by atoms with E-state index >= 15 is 0 Å². The highest BCUT2D eigenvalue weighted by atomic mass is 19.4. The Labute approximate surface area is 282 Å². The van der Waals surface area contributed by atoms with Crippen LogP contribution in [0.4, 0.5) is 13.2 Å². The second-order valence-corrected chi connectivity index (χ2v) is 14.6. The third-order valence-corrected chi connectivity index (χ3v) is 11.8. The van der Waals surface area contributed by atoms with E-state index in [1.165, 1.54) is 37.1 Å². The fourth-order valence-electron chi connectivity index (χ4n) is 9.54. The summed E-state index contributed by atoms with van der Waals surface area (Å²) < 4.78 is 48.4. The number of nitrogens with zero attached hydrogens (tertiary/aromatic N) is 2. The molecule has 3 aliphatic carbocycles. The van der Waals surface area contributed by atoms with Crippen molar-refractivity contribution in [1.29, 1.82) is 0 Å². The van der Waals surface area contributed by atoms with Crippen molar-refractivity contribution in [3.05, 3.63) is 100 Å². The molecule has 49 heavy (non-hydrogen) atoms. The molecule has 4 aromatic rings. The summed E-state index contributed by atoms with van der Waals surface area (Å²) in [5, 5.41) is 28.2. The monoisotopic (exact) mass is 669 g/mol. The Hall–Kier alpha value is -4.28. The lowest BCUT2D eigenvalue weighted by Gasteiger charge is -2.63. The van der Waals surface area contributed by atoms with Gasteiger partial charge in [0.25, 0.3) is 0 Å². The topological polar surface area (TPSA) is 87.0 Å². The number of para-hydroxylation sites is 1. The van der Waals surface area contributed by atoms with Crippen LogP contribution < -0.4 is 10.1 Å². The highest BCUT2D eigenvalue weighted by Gasteiger charge is 2.73. The molecule has 3 N–H and O–H groups in total. The number of likely N-dealkylation sites (tertiary alicyclic amines) is 1. The molecule has 5 aliphatic rings. The first-order valence-electron chi connectivity index (χ1n) is 17.3. The molecule has 2 aliphatic heterocycles. The van der Waals surface area contributed by atoms with Crippen molar-refractivity contribution in [3.8, 4) is 11.5 Å². The van der Waals surface area contributed by atoms with E-state index in [-0.39, 0.29) is 17.7 Å². The Morgan fingerprint density at radius 2 is 1.94 bits per heavy atom. The van der Waals surface area contributed by atoms with Crippen LogP contribution in [0.25, 0.3) is 17.0 Å². The molecule has 9 rings (SSSR count). The summed E-state index contributed by atoms with van der Waals surface area (Å²) in [6.07, 6.45) is 2.74. The van der Waals surface area contributed by atoms with Gasteiger partial charge in [-0.15, -0.1) is 0 Å². The molecular formula is C39H38F3N3O4. The van der Waals surface area contributed by atoms with E-state index in [1.54, 1.807) is 6.07 Å². The highest BCUT2D eigenvalue weighted by Crippen LogP contribution is 2.69. The number of aryl methyl sites for hydroxylation is 1. The van der Waals surface area contributed by atoms with E-state index < -0.39 is 28.9 Å². The standard InChI is InChI=1S/C39H38F3N3O4/c40-39(41,42)26-6-3-5-23(19-26)11-14-32(47)43-16-4-17-45-29-8-2-1-7-27(29)28-21-38(48)31-20-25-12-13-30(46)35-33(25)37(38,36(49-35)34(28)45)15-18-44(31)22-24-9-10-24/h1-3,5-8,11-14,19,24,31,36,46,48H,4,9-10,15-18,20-22H2,(H,43,47)/t31-,36?,37+,38?/m1/s1. The zero-order chi connectivity index (χ0) is 33.7. The predicted molar refractivity (Wildman–Crippen MR) is 178 cm³/mol. The lowest BCUT2D eigenvalue weighted by Crippen LogP contribution is -2.74. The van der Waals surface area contributed by atoms with Crippen molar-refractivity contribution in [1.82, 2.24) is 14.8 Å². The Kier molecular flexibility index (Phi) is 6.82. The molecule has 2 bridgehead atoms. The Bertz CT molecular complexity index is 2030. The van der Waals surface area contributed by atoms with Crippen molar-refractivity contribution >= 4 is 22.9 Å². The number of carbonyl (C=O) groups is 1. The van der Waals surface area contributed by atoms with E-state index in [0.717, 1.165) is 71.4 Å². The number of phenols is 1. The summed E-state index contributed by atoms with van der Waals surface area (Å²) in [5.74, 6) is 0.917. The smallest absolute Gasteiger partial charge is 0.416 e. The van der Waals surface area contributed by atoms with Crippen molar-refractivity contribution in [2.75, 3.05) is 19.6 Å². The second-order valence-electron chi connectivity index (χ2n) is 14.6. The molecule has 1 amide bonds. The van der Waals surface area contributed by atoms with Gasteiger partial charge in [-0.1, -0.05) is 36.4 Å². The molecule has 1 spiro atoms. The van der Waals surface area contributed by atoms with Gasteiger partial charge in [0.1, 0.15) is 0 Å². The minimum Gasteiger partial charge on any atom is -0.504 e. The van der Waals surface area contributed by atoms with Gasteiger partial charge in [0.05, 0.1) is 22.3 Å². The fraction of sp³-hybridized carbons (Fsp3) is 0.410. The number of hydrogen-bond acceptors (Lipinski definition) is 5. The zero-order valence-electron chi connectivity index (χ0n) is 27.0. The summed E-state index contributed by atoms with van der Waals surface area (Å²) in [6.45, 7) is 2.81. The number of alkyl halides is 3. The van der Waals surface area contributed by atoms with Crippen LogP contribution in [0.5, 0.6) is 11.5 Å². The van der Waals surface area contributed by atoms with Gasteiger partial charge in [0.2, 0.25) is 5.91 Å². The van der Waals surface area contributed by atoms with Gasteiger partial charge in [0, 0.05) is 54.6 Å². The SMILES string of the molecule is O=C(C=Cc1cccc(C(F)(F)F)c1)NCCCn1c2c(c3ccccc31)CC1(O)[C@H]3Cc4ccc(O)c5c4[C@@]1(CCN3CC1CC1)C2O5. The van der Waals surface area contributed by atoms with Crippen molar-refractivity contribution < 1.29 is 32.9 Å². The van der Waals surface area contributed by atoms with Crippen LogP contribution in [0.1, 0.15) is 65.3 Å². The van der Waals surface area contributed by atoms with Gasteiger partial charge < -0.3 is 24.8 Å². The summed E-state index contributed by atoms with van der Waals surface area (Å²) in [4.78, 5) is 15.2. The van der Waals surface area contributed by atoms with Gasteiger partial charge >= 0.3 is 6.18 Å². The number of hydrogen-bond donors (Lipinski definition) is 3. The summed E-state index contributed by atoms with van der Waals surface area (Å²) in [7, 11) is 0. The van der Waals surface area contributed by atoms with E-state index in [4.69, 9.17) is 4.74 Å². The molecule has 4 atom stereocenters. The number of rotatable bonds is 8. The Morgan fingerprint density at radius 3 is 2.76 bits per heavy atom. The van der Waals surface area contributed by atoms with Crippen LogP contribution in [-0.2, 0) is 35.8 Å². The Balaban J connectivity index is 1.02. The molecule has 3 aromatic carbocycles. The number of nitrogens with one attached hydrogen (secondary N) is 1. The van der Waals surface area contributed by atoms with Gasteiger partial charge in [-0.05, 0) is 91.6 Å². The number of halogens is 3. The third-order valence-electron chi connectivity index (χ3n) is 11.8. The quantitative estimate of drug-likeness (QED) is 0.152. The lowest BCUT2D eigenvalue weighted by atomic mass is 9.49. The molecule has 3 heterocycles. The van der Waals surface area contributed by atoms with E-state index in [1.807, 2.05) is 18.2 Å². The van der Waals surface area contributed by atoms with Crippen LogP contribution >= 0.6 is 0 Å². The van der Waals surface area contributed by atoms with Crippen molar-refractivity contribution in [3.63, 3.8) is 0 Å². The number of fused-ring (bicyclic) bond motifs is 4. The first-order chi connectivity index (χ1) is 23.6. The van der Waals surface area contributed by atoms with E-state index in [9.17, 15) is 28.2 Å². The minimum absolute atomic E-state index is 0.0505. The summed E-state index contributed by atoms with van der Waals surface area (Å²) >= 11 is 0. The predicted octanol–water partition coefficient (Wildman–Crippen LogP) is 6.28. The molecule has 0 radical (unpaired) electrons. The molecule has 1 saturated heterocycles. The van der Waals surface area contributed by atoms with Gasteiger partial charge in [-0.25, -0.2) is 0 Å². The van der Waals surface area contributed by atoms with Crippen LogP contribution in [-0.4, -0.2) is 56.9 Å². The molecule has 7 nitrogen and oxygen atoms in total. The van der Waals surface area contributed by atoms with E-state index in [2.05, 4.69) is 26.9 Å². The maximum atomic E-state index is 13.2. The largest absolute Gasteiger partial charge is 0.504 e. The average Bonchev–Trinajstić information content (AvgIpc) is 3.75. The molecule has 1 saturated carbocycles. The number of carbonyl (C=O) groups excluding carboxylic acids is 1. The fourth-order valence-corrected chi connectivity index (χ4v) is 9.54. The van der Waals surface area contributed by atoms with E-state index in [0.29, 0.717) is 43.2 Å². The van der Waals surface area contributed by atoms with Crippen molar-refractivity contribution in [2.24, 2.45) is 5.92 Å². The molecular weight excluding hydrogens is 631 g/mol. The number of aromatic nitrogens is 1. The maximum absolute atomic E-state index is 13.2. The number of amides is 1. The molecule has 254 valence electrons. The number of benzene rings is 3. The average molecular weight is 670 g/mol. The molecule has 10 heteroatoms. The molecule has 2 unspecified atom stereocenters. The maximum Gasteiger partial charge on any atom is 0.416 e. The molecule has 2 fully saturated rings. The number of ether oxygens (including phenoxy) is 1. The van der Waals surface area contributed by atoms with Gasteiger partial charge in [0.15, 0.2) is 17.6 Å². The van der Waals surface area contributed by atoms with Crippen LogP contribution in [0.2, 0.25) is 0 Å². The van der Waals surface area contributed by atoms with Crippen LogP contribution in [0.3, 0.4) is 0 Å². The second kappa shape index (κ2) is 10.9. The lowest BCUT2D eigenvalue weighted by molar-refractivity contribution is -0.173. The van der Waals surface area contributed by atoms with Crippen molar-refractivity contribution in [2.45, 2.75) is 74.4 Å². The first-order valence-corrected chi connectivity index (χ1v) is 17.3. The third kappa shape index (κ3) is 4.59. The summed E-state index contributed by atoms with van der Waals surface area (Å²) in [6, 6.07) is 16.8. The number of aromatic hydroxyl groups is 1. The van der Waals surface area contributed by atoms with Crippen LogP contribution in [0, 0.1) is 5.92 Å². The van der Waals surface area contributed by atoms with Crippen LogP contribution in [0.15, 0.2) is 66.7 Å². The number of phenolic OH excluding ortho intramolecular Hbond substituents is 1. The molecule has 1 aromatic heterocycles. The van der Waals surface area contributed by atoms with Gasteiger partial charge in [-0.2, -0.15) is 13.2 Å². The highest BCUT2D eigenvalue weighted by molar-refractivity contribution is 5.91. The first kappa shape index (κ1) is 30.8. The minimum atomic E-state index is -4.45. The summed E-state index contributed by atoms with van der Waals surface area (Å²) in [5.41, 5.74) is 3.05. The number of aliphatic hydroxyl groups is 1.